The first-order valence-electron chi connectivity index (χ1n) is 4.23. The Bertz CT molecular complexity index is 95.3. The van der Waals surface area contributed by atoms with Crippen molar-refractivity contribution in [2.24, 2.45) is 5.92 Å². The summed E-state index contributed by atoms with van der Waals surface area (Å²) in [4.78, 5) is 0. The average Bonchev–Trinajstić information content (AvgIpc) is 2.31. The molecule has 60 valence electrons. The van der Waals surface area contributed by atoms with E-state index in [1.165, 1.54) is 12.8 Å². The number of hydrogen-bond donors (Lipinski definition) is 2. The van der Waals surface area contributed by atoms with E-state index in [1.54, 1.807) is 0 Å². The Morgan fingerprint density at radius 2 is 2.30 bits per heavy atom. The van der Waals surface area contributed by atoms with Gasteiger partial charge in [-0.25, -0.2) is 0 Å². The summed E-state index contributed by atoms with van der Waals surface area (Å²) in [6, 6.07) is 0. The summed E-state index contributed by atoms with van der Waals surface area (Å²) >= 11 is 0. The summed E-state index contributed by atoms with van der Waals surface area (Å²) in [6.07, 6.45) is 3.39. The molecule has 1 aliphatic rings. The van der Waals surface area contributed by atoms with Crippen molar-refractivity contribution in [3.63, 3.8) is 0 Å². The quantitative estimate of drug-likeness (QED) is 0.611. The van der Waals surface area contributed by atoms with Crippen molar-refractivity contribution in [1.29, 1.82) is 0 Å². The van der Waals surface area contributed by atoms with Gasteiger partial charge in [0.2, 0.25) is 0 Å². The van der Waals surface area contributed by atoms with Crippen LogP contribution in [0.1, 0.15) is 26.2 Å². The highest BCUT2D eigenvalue weighted by molar-refractivity contribution is 4.77. The van der Waals surface area contributed by atoms with Gasteiger partial charge in [0.15, 0.2) is 0 Å². The van der Waals surface area contributed by atoms with Gasteiger partial charge >= 0.3 is 0 Å². The van der Waals surface area contributed by atoms with Gasteiger partial charge in [-0.1, -0.05) is 13.3 Å². The SMILES string of the molecule is CCNCC1CCCC1O. The number of nitrogens with one attached hydrogen (secondary N) is 1. The molecule has 0 aromatic heterocycles. The molecule has 0 spiro atoms. The van der Waals surface area contributed by atoms with Crippen molar-refractivity contribution in [1.82, 2.24) is 5.32 Å². The molecule has 1 aliphatic carbocycles. The Kier molecular flexibility index (Phi) is 3.16. The lowest BCUT2D eigenvalue weighted by molar-refractivity contribution is 0.132. The van der Waals surface area contributed by atoms with Crippen molar-refractivity contribution in [3.05, 3.63) is 0 Å². The highest BCUT2D eigenvalue weighted by Crippen LogP contribution is 2.24. The second kappa shape index (κ2) is 3.94. The van der Waals surface area contributed by atoms with Gasteiger partial charge in [0.25, 0.3) is 0 Å². The lowest BCUT2D eigenvalue weighted by Gasteiger charge is -2.13. The highest BCUT2D eigenvalue weighted by Gasteiger charge is 2.23. The molecule has 0 amide bonds. The molecule has 1 saturated carbocycles. The molecule has 2 nitrogen and oxygen atoms in total. The third-order valence-electron chi connectivity index (χ3n) is 2.28. The largest absolute Gasteiger partial charge is 0.393 e. The van der Waals surface area contributed by atoms with E-state index in [-0.39, 0.29) is 6.10 Å². The first kappa shape index (κ1) is 8.02. The zero-order chi connectivity index (χ0) is 7.40. The van der Waals surface area contributed by atoms with Crippen LogP contribution < -0.4 is 5.32 Å². The number of hydrogen-bond acceptors (Lipinski definition) is 2. The first-order chi connectivity index (χ1) is 4.84. The van der Waals surface area contributed by atoms with Crippen molar-refractivity contribution in [3.8, 4) is 0 Å². The predicted molar refractivity (Wildman–Crippen MR) is 41.9 cm³/mol. The monoisotopic (exact) mass is 143 g/mol. The highest BCUT2D eigenvalue weighted by atomic mass is 16.3. The number of aliphatic hydroxyl groups is 1. The van der Waals surface area contributed by atoms with Crippen LogP contribution in [-0.2, 0) is 0 Å². The second-order valence-electron chi connectivity index (χ2n) is 3.07. The van der Waals surface area contributed by atoms with E-state index < -0.39 is 0 Å². The molecule has 2 heteroatoms. The van der Waals surface area contributed by atoms with Crippen LogP contribution in [0.3, 0.4) is 0 Å². The summed E-state index contributed by atoms with van der Waals surface area (Å²) in [5.74, 6) is 0.528. The van der Waals surface area contributed by atoms with Gasteiger partial charge in [-0.2, -0.15) is 0 Å². The van der Waals surface area contributed by atoms with Crippen LogP contribution >= 0.6 is 0 Å². The van der Waals surface area contributed by atoms with Crippen molar-refractivity contribution in [2.75, 3.05) is 13.1 Å². The average molecular weight is 143 g/mol. The predicted octanol–water partition coefficient (Wildman–Crippen LogP) is 0.757. The lowest BCUT2D eigenvalue weighted by atomic mass is 10.1. The van der Waals surface area contributed by atoms with E-state index in [1.807, 2.05) is 0 Å². The fourth-order valence-corrected chi connectivity index (χ4v) is 1.59. The molecule has 2 atom stereocenters. The maximum Gasteiger partial charge on any atom is 0.0580 e. The maximum absolute atomic E-state index is 9.38. The van der Waals surface area contributed by atoms with Crippen LogP contribution in [0.4, 0.5) is 0 Å². The zero-order valence-corrected chi connectivity index (χ0v) is 6.64. The second-order valence-corrected chi connectivity index (χ2v) is 3.07. The minimum atomic E-state index is -0.0287. The minimum Gasteiger partial charge on any atom is -0.393 e. The van der Waals surface area contributed by atoms with Crippen molar-refractivity contribution >= 4 is 0 Å². The van der Waals surface area contributed by atoms with E-state index >= 15 is 0 Å². The molecule has 0 aromatic carbocycles. The van der Waals surface area contributed by atoms with Crippen LogP contribution in [0.15, 0.2) is 0 Å². The topological polar surface area (TPSA) is 32.3 Å². The molecular formula is C8H17NO. The molecule has 2 unspecified atom stereocenters. The lowest BCUT2D eigenvalue weighted by Crippen LogP contribution is -2.27. The molecule has 0 aromatic rings. The van der Waals surface area contributed by atoms with Gasteiger partial charge in [-0.15, -0.1) is 0 Å². The normalized spacial score (nSPS) is 33.0. The molecule has 0 saturated heterocycles. The minimum absolute atomic E-state index is 0.0287. The Morgan fingerprint density at radius 1 is 1.50 bits per heavy atom. The van der Waals surface area contributed by atoms with Crippen LogP contribution in [0.2, 0.25) is 0 Å². The van der Waals surface area contributed by atoms with Gasteiger partial charge in [0, 0.05) is 6.54 Å². The van der Waals surface area contributed by atoms with Crippen molar-refractivity contribution < 1.29 is 5.11 Å². The summed E-state index contributed by atoms with van der Waals surface area (Å²) in [7, 11) is 0. The fraction of sp³-hybridized carbons (Fsp3) is 1.00. The summed E-state index contributed by atoms with van der Waals surface area (Å²) in [5, 5.41) is 12.6. The van der Waals surface area contributed by atoms with Gasteiger partial charge in [-0.3, -0.25) is 0 Å². The van der Waals surface area contributed by atoms with E-state index in [0.29, 0.717) is 5.92 Å². The molecule has 0 heterocycles. The third kappa shape index (κ3) is 1.96. The Balaban J connectivity index is 2.14. The van der Waals surface area contributed by atoms with Crippen LogP contribution in [0, 0.1) is 5.92 Å². The van der Waals surface area contributed by atoms with Crippen LogP contribution in [0.25, 0.3) is 0 Å². The maximum atomic E-state index is 9.38. The van der Waals surface area contributed by atoms with Gasteiger partial charge in [-0.05, 0) is 25.3 Å². The smallest absolute Gasteiger partial charge is 0.0580 e. The van der Waals surface area contributed by atoms with E-state index in [0.717, 1.165) is 19.5 Å². The van der Waals surface area contributed by atoms with Crippen molar-refractivity contribution in [2.45, 2.75) is 32.3 Å². The molecule has 0 aliphatic heterocycles. The van der Waals surface area contributed by atoms with E-state index in [9.17, 15) is 5.11 Å². The third-order valence-corrected chi connectivity index (χ3v) is 2.28. The van der Waals surface area contributed by atoms with E-state index in [4.69, 9.17) is 0 Å². The molecular weight excluding hydrogens is 126 g/mol. The summed E-state index contributed by atoms with van der Waals surface area (Å²) < 4.78 is 0. The fourth-order valence-electron chi connectivity index (χ4n) is 1.59. The first-order valence-corrected chi connectivity index (χ1v) is 4.23. The van der Waals surface area contributed by atoms with Gasteiger partial charge in [0.1, 0.15) is 0 Å². The molecule has 10 heavy (non-hydrogen) atoms. The van der Waals surface area contributed by atoms with Crippen LogP contribution in [0.5, 0.6) is 0 Å². The zero-order valence-electron chi connectivity index (χ0n) is 6.64. The molecule has 1 rings (SSSR count). The van der Waals surface area contributed by atoms with Gasteiger partial charge in [0.05, 0.1) is 6.10 Å². The summed E-state index contributed by atoms with van der Waals surface area (Å²) in [5.41, 5.74) is 0. The number of rotatable bonds is 3. The molecule has 2 N–H and O–H groups in total. The molecule has 0 radical (unpaired) electrons. The Labute approximate surface area is 62.6 Å². The van der Waals surface area contributed by atoms with E-state index in [2.05, 4.69) is 12.2 Å². The Hall–Kier alpha value is -0.0800. The Morgan fingerprint density at radius 3 is 2.80 bits per heavy atom. The molecule has 0 bridgehead atoms. The van der Waals surface area contributed by atoms with Gasteiger partial charge < -0.3 is 10.4 Å². The van der Waals surface area contributed by atoms with Crippen LogP contribution in [-0.4, -0.2) is 24.3 Å². The number of aliphatic hydroxyl groups excluding tert-OH is 1. The standard InChI is InChI=1S/C8H17NO/c1-2-9-6-7-4-3-5-8(7)10/h7-10H,2-6H2,1H3. The molecule has 1 fully saturated rings. The summed E-state index contributed by atoms with van der Waals surface area (Å²) in [6.45, 7) is 4.11.